The number of hydrogen-bond acceptors (Lipinski definition) is 5. The fourth-order valence-corrected chi connectivity index (χ4v) is 2.32. The number of benzene rings is 1. The molecule has 24 heavy (non-hydrogen) atoms. The Morgan fingerprint density at radius 1 is 1.38 bits per heavy atom. The number of methoxy groups -OCH3 is 1. The van der Waals surface area contributed by atoms with Crippen LogP contribution >= 0.6 is 0 Å². The molecule has 0 bridgehead atoms. The third-order valence-electron chi connectivity index (χ3n) is 3.49. The Morgan fingerprint density at radius 2 is 2.12 bits per heavy atom. The number of anilines is 1. The lowest BCUT2D eigenvalue weighted by atomic mass is 10.2. The van der Waals surface area contributed by atoms with E-state index in [2.05, 4.69) is 5.32 Å². The summed E-state index contributed by atoms with van der Waals surface area (Å²) in [6.07, 6.45) is -4.01. The molecule has 1 heterocycles. The van der Waals surface area contributed by atoms with Gasteiger partial charge in [-0.2, -0.15) is 13.2 Å². The maximum absolute atomic E-state index is 12.3. The number of ether oxygens (including phenoxy) is 3. The molecule has 1 aliphatic heterocycles. The van der Waals surface area contributed by atoms with Crippen molar-refractivity contribution in [1.82, 2.24) is 0 Å². The van der Waals surface area contributed by atoms with Gasteiger partial charge >= 0.3 is 6.18 Å². The van der Waals surface area contributed by atoms with Crippen LogP contribution < -0.4 is 20.5 Å². The van der Waals surface area contributed by atoms with Crippen LogP contribution in [0.5, 0.6) is 11.5 Å². The standard InChI is InChI=1S/C15H19F3N2O4/c1-22-11-4-2-9(6-13(11)23-8-15(16,17)18)20-14(21)12-5-3-10(7-19)24-12/h2,4,6,10,12H,3,5,7-8,19H2,1H3,(H,20,21)/t10-,12+/m1/s1. The van der Waals surface area contributed by atoms with Crippen LogP contribution in [0.2, 0.25) is 0 Å². The molecule has 0 aliphatic carbocycles. The molecule has 1 saturated heterocycles. The van der Waals surface area contributed by atoms with Gasteiger partial charge < -0.3 is 25.3 Å². The minimum absolute atomic E-state index is 0.111. The molecule has 1 aromatic carbocycles. The Hall–Kier alpha value is -2.00. The fraction of sp³-hybridized carbons (Fsp3) is 0.533. The number of amides is 1. The van der Waals surface area contributed by atoms with Gasteiger partial charge in [0.15, 0.2) is 18.1 Å². The first kappa shape index (κ1) is 18.3. The number of rotatable bonds is 6. The molecule has 0 aromatic heterocycles. The van der Waals surface area contributed by atoms with Gasteiger partial charge in [-0.05, 0) is 25.0 Å². The van der Waals surface area contributed by atoms with Crippen molar-refractivity contribution in [3.05, 3.63) is 18.2 Å². The minimum Gasteiger partial charge on any atom is -0.493 e. The smallest absolute Gasteiger partial charge is 0.422 e. The average Bonchev–Trinajstić information content (AvgIpc) is 3.01. The Kier molecular flexibility index (Phi) is 5.89. The number of nitrogens with two attached hydrogens (primary N) is 1. The van der Waals surface area contributed by atoms with Crippen molar-refractivity contribution in [2.75, 3.05) is 25.6 Å². The summed E-state index contributed by atoms with van der Waals surface area (Å²) in [5.41, 5.74) is 5.78. The van der Waals surface area contributed by atoms with Crippen molar-refractivity contribution >= 4 is 11.6 Å². The number of halogens is 3. The molecule has 3 N–H and O–H groups in total. The molecule has 1 aromatic rings. The number of nitrogens with one attached hydrogen (secondary N) is 1. The molecule has 2 atom stereocenters. The van der Waals surface area contributed by atoms with Crippen molar-refractivity contribution in [2.45, 2.75) is 31.2 Å². The lowest BCUT2D eigenvalue weighted by Crippen LogP contribution is -2.29. The van der Waals surface area contributed by atoms with E-state index in [1.54, 1.807) is 0 Å². The molecule has 1 amide bonds. The van der Waals surface area contributed by atoms with E-state index in [1.807, 2.05) is 0 Å². The average molecular weight is 348 g/mol. The second kappa shape index (κ2) is 7.71. The van der Waals surface area contributed by atoms with E-state index < -0.39 is 18.9 Å². The van der Waals surface area contributed by atoms with Crippen LogP contribution in [-0.2, 0) is 9.53 Å². The van der Waals surface area contributed by atoms with E-state index >= 15 is 0 Å². The summed E-state index contributed by atoms with van der Waals surface area (Å²) in [6, 6.07) is 4.20. The maximum Gasteiger partial charge on any atom is 0.422 e. The van der Waals surface area contributed by atoms with E-state index in [0.29, 0.717) is 19.4 Å². The Bertz CT molecular complexity index is 580. The van der Waals surface area contributed by atoms with Gasteiger partial charge in [-0.1, -0.05) is 0 Å². The van der Waals surface area contributed by atoms with Crippen molar-refractivity contribution in [1.29, 1.82) is 0 Å². The largest absolute Gasteiger partial charge is 0.493 e. The van der Waals surface area contributed by atoms with Crippen molar-refractivity contribution in [3.63, 3.8) is 0 Å². The van der Waals surface area contributed by atoms with Gasteiger partial charge in [-0.3, -0.25) is 4.79 Å². The molecular formula is C15H19F3N2O4. The Labute approximate surface area is 137 Å². The van der Waals surface area contributed by atoms with Crippen molar-refractivity contribution < 1.29 is 32.2 Å². The molecule has 1 fully saturated rings. The van der Waals surface area contributed by atoms with Gasteiger partial charge in [0.1, 0.15) is 6.10 Å². The summed E-state index contributed by atoms with van der Waals surface area (Å²) in [4.78, 5) is 12.1. The highest BCUT2D eigenvalue weighted by molar-refractivity contribution is 5.94. The molecule has 1 aliphatic rings. The highest BCUT2D eigenvalue weighted by Gasteiger charge is 2.31. The zero-order chi connectivity index (χ0) is 17.7. The van der Waals surface area contributed by atoms with E-state index in [0.717, 1.165) is 0 Å². The first-order valence-electron chi connectivity index (χ1n) is 7.36. The van der Waals surface area contributed by atoms with Crippen LogP contribution in [-0.4, -0.2) is 44.6 Å². The first-order chi connectivity index (χ1) is 11.3. The molecule has 9 heteroatoms. The molecule has 0 radical (unpaired) electrons. The summed E-state index contributed by atoms with van der Waals surface area (Å²) in [5.74, 6) is -0.352. The molecule has 0 unspecified atom stereocenters. The van der Waals surface area contributed by atoms with Gasteiger partial charge in [0.25, 0.3) is 5.91 Å². The van der Waals surface area contributed by atoms with E-state index in [1.165, 1.54) is 25.3 Å². The minimum atomic E-state index is -4.47. The number of carbonyl (C=O) groups excluding carboxylic acids is 1. The predicted molar refractivity (Wildman–Crippen MR) is 80.1 cm³/mol. The van der Waals surface area contributed by atoms with E-state index in [4.69, 9.17) is 19.9 Å². The van der Waals surface area contributed by atoms with Gasteiger partial charge in [-0.15, -0.1) is 0 Å². The predicted octanol–water partition coefficient (Wildman–Crippen LogP) is 2.08. The van der Waals surface area contributed by atoms with E-state index in [9.17, 15) is 18.0 Å². The molecule has 0 saturated carbocycles. The number of carbonyl (C=O) groups is 1. The van der Waals surface area contributed by atoms with Crippen LogP contribution in [0.3, 0.4) is 0 Å². The Morgan fingerprint density at radius 3 is 2.71 bits per heavy atom. The topological polar surface area (TPSA) is 82.8 Å². The lowest BCUT2D eigenvalue weighted by Gasteiger charge is -2.16. The molecule has 0 spiro atoms. The van der Waals surface area contributed by atoms with E-state index in [-0.39, 0.29) is 29.2 Å². The molecule has 134 valence electrons. The first-order valence-corrected chi connectivity index (χ1v) is 7.36. The number of alkyl halides is 3. The summed E-state index contributed by atoms with van der Waals surface area (Å²) in [7, 11) is 1.31. The highest BCUT2D eigenvalue weighted by Crippen LogP contribution is 2.32. The van der Waals surface area contributed by atoms with Crippen LogP contribution in [0.1, 0.15) is 12.8 Å². The van der Waals surface area contributed by atoms with Crippen LogP contribution in [0.15, 0.2) is 18.2 Å². The zero-order valence-electron chi connectivity index (χ0n) is 13.1. The summed E-state index contributed by atoms with van der Waals surface area (Å²) < 4.78 is 52.1. The zero-order valence-corrected chi connectivity index (χ0v) is 13.1. The normalized spacial score (nSPS) is 20.7. The lowest BCUT2D eigenvalue weighted by molar-refractivity contribution is -0.153. The van der Waals surface area contributed by atoms with Crippen molar-refractivity contribution in [2.24, 2.45) is 5.73 Å². The summed E-state index contributed by atoms with van der Waals surface area (Å²) >= 11 is 0. The molecule has 2 rings (SSSR count). The summed E-state index contributed by atoms with van der Waals surface area (Å²) in [6.45, 7) is -1.12. The van der Waals surface area contributed by atoms with Gasteiger partial charge in [0.05, 0.1) is 13.2 Å². The highest BCUT2D eigenvalue weighted by atomic mass is 19.4. The molecular weight excluding hydrogens is 329 g/mol. The SMILES string of the molecule is COc1ccc(NC(=O)[C@@H]2CC[C@H](CN)O2)cc1OCC(F)(F)F. The third kappa shape index (κ3) is 5.00. The van der Waals surface area contributed by atoms with Gasteiger partial charge in [0.2, 0.25) is 0 Å². The second-order valence-electron chi connectivity index (χ2n) is 5.32. The van der Waals surface area contributed by atoms with Crippen LogP contribution in [0.4, 0.5) is 18.9 Å². The monoisotopic (exact) mass is 348 g/mol. The Balaban J connectivity index is 2.03. The fourth-order valence-electron chi connectivity index (χ4n) is 2.32. The van der Waals surface area contributed by atoms with Gasteiger partial charge in [-0.25, -0.2) is 0 Å². The second-order valence-corrected chi connectivity index (χ2v) is 5.32. The quantitative estimate of drug-likeness (QED) is 0.822. The maximum atomic E-state index is 12.3. The number of hydrogen-bond donors (Lipinski definition) is 2. The molecule has 6 nitrogen and oxygen atoms in total. The van der Waals surface area contributed by atoms with Crippen LogP contribution in [0, 0.1) is 0 Å². The third-order valence-corrected chi connectivity index (χ3v) is 3.49. The van der Waals surface area contributed by atoms with Crippen molar-refractivity contribution in [3.8, 4) is 11.5 Å². The summed E-state index contributed by atoms with van der Waals surface area (Å²) in [5, 5.41) is 2.60. The van der Waals surface area contributed by atoms with Crippen LogP contribution in [0.25, 0.3) is 0 Å². The van der Waals surface area contributed by atoms with Gasteiger partial charge in [0, 0.05) is 18.3 Å².